The van der Waals surface area contributed by atoms with Gasteiger partial charge < -0.3 is 9.66 Å². The van der Waals surface area contributed by atoms with Gasteiger partial charge in [0.05, 0.1) is 15.9 Å². The fourth-order valence-corrected chi connectivity index (χ4v) is 3.76. The van der Waals surface area contributed by atoms with Crippen molar-refractivity contribution in [3.05, 3.63) is 59.2 Å². The van der Waals surface area contributed by atoms with Crippen LogP contribution in [0.5, 0.6) is 0 Å². The highest BCUT2D eigenvalue weighted by Gasteiger charge is 2.43. The summed E-state index contributed by atoms with van der Waals surface area (Å²) in [7, 11) is -4.51. The van der Waals surface area contributed by atoms with E-state index in [1.54, 1.807) is 30.3 Å². The molecule has 0 unspecified atom stereocenters. The predicted molar refractivity (Wildman–Crippen MR) is 95.1 cm³/mol. The molecule has 136 valence electrons. The van der Waals surface area contributed by atoms with Crippen LogP contribution >= 0.6 is 0 Å². The molecule has 2 aromatic rings. The molecule has 26 heavy (non-hydrogen) atoms. The first-order chi connectivity index (χ1) is 12.0. The van der Waals surface area contributed by atoms with E-state index in [-0.39, 0.29) is 10.5 Å². The lowest BCUT2D eigenvalue weighted by Gasteiger charge is -2.16. The highest BCUT2D eigenvalue weighted by molar-refractivity contribution is 7.85. The Morgan fingerprint density at radius 1 is 1.15 bits per heavy atom. The van der Waals surface area contributed by atoms with Gasteiger partial charge >= 0.3 is 5.97 Å². The predicted octanol–water partition coefficient (Wildman–Crippen LogP) is 2.89. The van der Waals surface area contributed by atoms with Crippen molar-refractivity contribution >= 4 is 27.5 Å². The molecule has 0 amide bonds. The summed E-state index contributed by atoms with van der Waals surface area (Å²) in [5, 5.41) is 9.00. The number of benzene rings is 2. The number of carboxylic acid groups (broad SMARTS) is 1. The van der Waals surface area contributed by atoms with Gasteiger partial charge in [-0.2, -0.15) is 4.58 Å². The van der Waals surface area contributed by atoms with Crippen molar-refractivity contribution in [2.75, 3.05) is 0 Å². The van der Waals surface area contributed by atoms with E-state index in [1.165, 1.54) is 12.1 Å². The van der Waals surface area contributed by atoms with E-state index in [1.807, 2.05) is 20.8 Å². The van der Waals surface area contributed by atoms with E-state index >= 15 is 0 Å². The average Bonchev–Trinajstić information content (AvgIpc) is 2.75. The van der Waals surface area contributed by atoms with E-state index in [9.17, 15) is 17.8 Å². The number of fused-ring (bicyclic) bond motifs is 1. The SMILES string of the molecule is CC1=[N+](Cc2ccc(C(=O)O)cc2)c2ccc(S(=O)(=O)[O-])cc2C1(C)C. The summed E-state index contributed by atoms with van der Waals surface area (Å²) >= 11 is 0. The maximum Gasteiger partial charge on any atom is 0.335 e. The molecule has 7 heteroatoms. The van der Waals surface area contributed by atoms with Crippen LogP contribution in [0.15, 0.2) is 47.4 Å². The fourth-order valence-electron chi connectivity index (χ4n) is 3.26. The lowest BCUT2D eigenvalue weighted by atomic mass is 9.82. The second-order valence-electron chi connectivity index (χ2n) is 6.93. The average molecular weight is 373 g/mol. The van der Waals surface area contributed by atoms with Crippen LogP contribution in [-0.4, -0.2) is 34.3 Å². The minimum absolute atomic E-state index is 0.224. The summed E-state index contributed by atoms with van der Waals surface area (Å²) in [6.07, 6.45) is 0. The van der Waals surface area contributed by atoms with Crippen LogP contribution in [-0.2, 0) is 22.1 Å². The Kier molecular flexibility index (Phi) is 4.24. The van der Waals surface area contributed by atoms with Crippen LogP contribution in [0.4, 0.5) is 5.69 Å². The van der Waals surface area contributed by atoms with Crippen LogP contribution in [0.2, 0.25) is 0 Å². The first-order valence-electron chi connectivity index (χ1n) is 8.06. The Morgan fingerprint density at radius 2 is 1.77 bits per heavy atom. The summed E-state index contributed by atoms with van der Waals surface area (Å²) in [6, 6.07) is 11.1. The first-order valence-corrected chi connectivity index (χ1v) is 9.47. The molecule has 0 atom stereocenters. The lowest BCUT2D eigenvalue weighted by Crippen LogP contribution is -2.26. The zero-order chi connectivity index (χ0) is 19.3. The molecule has 1 aliphatic heterocycles. The van der Waals surface area contributed by atoms with Gasteiger partial charge in [-0.3, -0.25) is 0 Å². The van der Waals surface area contributed by atoms with Gasteiger partial charge in [-0.1, -0.05) is 12.1 Å². The van der Waals surface area contributed by atoms with E-state index in [0.29, 0.717) is 6.54 Å². The van der Waals surface area contributed by atoms with Crippen LogP contribution in [0.3, 0.4) is 0 Å². The van der Waals surface area contributed by atoms with E-state index < -0.39 is 21.5 Å². The first kappa shape index (κ1) is 18.3. The van der Waals surface area contributed by atoms with Crippen molar-refractivity contribution < 1.29 is 27.4 Å². The number of carboxylic acids is 1. The largest absolute Gasteiger partial charge is 0.744 e. The highest BCUT2D eigenvalue weighted by atomic mass is 32.2. The molecule has 3 rings (SSSR count). The third-order valence-electron chi connectivity index (χ3n) is 5.07. The number of hydrogen-bond acceptors (Lipinski definition) is 4. The van der Waals surface area contributed by atoms with Crippen molar-refractivity contribution in [1.82, 2.24) is 0 Å². The van der Waals surface area contributed by atoms with Gasteiger partial charge in [0.1, 0.15) is 10.1 Å². The maximum atomic E-state index is 11.4. The molecule has 0 spiro atoms. The topological polar surface area (TPSA) is 97.5 Å². The van der Waals surface area contributed by atoms with Crippen molar-refractivity contribution in [3.8, 4) is 0 Å². The van der Waals surface area contributed by atoms with Gasteiger partial charge in [0, 0.05) is 24.1 Å². The van der Waals surface area contributed by atoms with E-state index in [2.05, 4.69) is 4.58 Å². The normalized spacial score (nSPS) is 15.8. The minimum Gasteiger partial charge on any atom is -0.744 e. The molecule has 1 heterocycles. The van der Waals surface area contributed by atoms with Crippen molar-refractivity contribution in [2.24, 2.45) is 0 Å². The highest BCUT2D eigenvalue weighted by Crippen LogP contribution is 2.41. The van der Waals surface area contributed by atoms with Crippen LogP contribution < -0.4 is 0 Å². The molecule has 0 fully saturated rings. The minimum atomic E-state index is -4.51. The molecule has 0 saturated heterocycles. The number of rotatable bonds is 4. The summed E-state index contributed by atoms with van der Waals surface area (Å²) in [6.45, 7) is 6.45. The summed E-state index contributed by atoms with van der Waals surface area (Å²) in [5.41, 5.74) is 3.39. The summed E-state index contributed by atoms with van der Waals surface area (Å²) in [4.78, 5) is 10.7. The Bertz CT molecular complexity index is 1030. The molecule has 0 saturated carbocycles. The third kappa shape index (κ3) is 3.04. The van der Waals surface area contributed by atoms with Crippen LogP contribution in [0.25, 0.3) is 0 Å². The van der Waals surface area contributed by atoms with Gasteiger partial charge in [0.2, 0.25) is 5.69 Å². The van der Waals surface area contributed by atoms with Gasteiger partial charge in [0.25, 0.3) is 0 Å². The van der Waals surface area contributed by atoms with Gasteiger partial charge in [-0.05, 0) is 38.1 Å². The zero-order valence-electron chi connectivity index (χ0n) is 14.7. The van der Waals surface area contributed by atoms with Gasteiger partial charge in [-0.15, -0.1) is 0 Å². The monoisotopic (exact) mass is 373 g/mol. The Labute approximate surface area is 152 Å². The molecular weight excluding hydrogens is 354 g/mol. The summed E-state index contributed by atoms with van der Waals surface area (Å²) in [5.74, 6) is -0.974. The van der Waals surface area contributed by atoms with Crippen molar-refractivity contribution in [2.45, 2.75) is 37.6 Å². The Balaban J connectivity index is 2.04. The van der Waals surface area contributed by atoms with Crippen LogP contribution in [0, 0.1) is 0 Å². The van der Waals surface area contributed by atoms with E-state index in [0.717, 1.165) is 22.5 Å². The van der Waals surface area contributed by atoms with Crippen LogP contribution in [0.1, 0.15) is 42.3 Å². The molecular formula is C19H19NO5S. The number of hydrogen-bond donors (Lipinski definition) is 1. The van der Waals surface area contributed by atoms with Crippen molar-refractivity contribution in [1.29, 1.82) is 0 Å². The van der Waals surface area contributed by atoms with Gasteiger partial charge in [0.15, 0.2) is 12.3 Å². The molecule has 0 bridgehead atoms. The zero-order valence-corrected chi connectivity index (χ0v) is 15.5. The number of nitrogens with zero attached hydrogens (tertiary/aromatic N) is 1. The molecule has 0 aliphatic carbocycles. The molecule has 6 nitrogen and oxygen atoms in total. The fraction of sp³-hybridized carbons (Fsp3) is 0.263. The molecule has 0 aromatic heterocycles. The third-order valence-corrected chi connectivity index (χ3v) is 5.90. The molecule has 2 aromatic carbocycles. The molecule has 1 N–H and O–H groups in total. The lowest BCUT2D eigenvalue weighted by molar-refractivity contribution is -0.456. The number of carbonyl (C=O) groups is 1. The molecule has 0 radical (unpaired) electrons. The standard InChI is InChI=1S/C19H19NO5S/c1-12-19(2,3)16-10-15(26(23,24)25)8-9-17(16)20(12)11-13-4-6-14(7-5-13)18(21)22/h4-10H,11H2,1-3H3,(H-,21,22,23,24,25). The second-order valence-corrected chi connectivity index (χ2v) is 8.31. The van der Waals surface area contributed by atoms with E-state index in [4.69, 9.17) is 5.11 Å². The summed E-state index contributed by atoms with van der Waals surface area (Å²) < 4.78 is 36.1. The Hall–Kier alpha value is -2.51. The van der Waals surface area contributed by atoms with Crippen molar-refractivity contribution in [3.63, 3.8) is 0 Å². The number of aromatic carboxylic acids is 1. The van der Waals surface area contributed by atoms with Gasteiger partial charge in [-0.25, -0.2) is 13.2 Å². The maximum absolute atomic E-state index is 11.4. The molecule has 1 aliphatic rings. The second kappa shape index (κ2) is 6.03. The Morgan fingerprint density at radius 3 is 2.31 bits per heavy atom. The quantitative estimate of drug-likeness (QED) is 0.656. The smallest absolute Gasteiger partial charge is 0.335 e.